The average Bonchev–Trinajstić information content (AvgIpc) is 2.70. The summed E-state index contributed by atoms with van der Waals surface area (Å²) in [6.07, 6.45) is 3.16. The van der Waals surface area contributed by atoms with Gasteiger partial charge in [-0.05, 0) is 49.4 Å². The number of rotatable bonds is 7. The molecule has 2 aromatic carbocycles. The Morgan fingerprint density at radius 1 is 1.04 bits per heavy atom. The Hall–Kier alpha value is -2.13. The van der Waals surface area contributed by atoms with E-state index in [1.807, 2.05) is 18.2 Å². The molecule has 0 aliphatic carbocycles. The van der Waals surface area contributed by atoms with E-state index < -0.39 is 0 Å². The molecule has 3 heteroatoms. The van der Waals surface area contributed by atoms with Crippen LogP contribution in [0.2, 0.25) is 0 Å². The SMILES string of the molecule is CCC(C(=O)NCC1CCN(Cc2ccccc2)CC1)c1ccccc1. The number of carbonyl (C=O) groups is 1. The summed E-state index contributed by atoms with van der Waals surface area (Å²) in [5, 5.41) is 3.21. The van der Waals surface area contributed by atoms with E-state index in [2.05, 4.69) is 59.6 Å². The van der Waals surface area contributed by atoms with Crippen molar-refractivity contribution in [2.45, 2.75) is 38.6 Å². The minimum absolute atomic E-state index is 0.0330. The normalized spacial score (nSPS) is 17.0. The Labute approximate surface area is 157 Å². The number of hydrogen-bond donors (Lipinski definition) is 1. The second-order valence-corrected chi connectivity index (χ2v) is 7.32. The van der Waals surface area contributed by atoms with Crippen molar-refractivity contribution >= 4 is 5.91 Å². The van der Waals surface area contributed by atoms with Crippen molar-refractivity contribution in [2.24, 2.45) is 5.92 Å². The minimum Gasteiger partial charge on any atom is -0.355 e. The molecule has 0 bridgehead atoms. The van der Waals surface area contributed by atoms with E-state index in [0.29, 0.717) is 5.92 Å². The molecule has 1 saturated heterocycles. The first-order valence-electron chi connectivity index (χ1n) is 9.85. The predicted octanol–water partition coefficient (Wildman–Crippen LogP) is 4.21. The van der Waals surface area contributed by atoms with Crippen molar-refractivity contribution in [1.82, 2.24) is 10.2 Å². The van der Waals surface area contributed by atoms with Crippen LogP contribution in [-0.4, -0.2) is 30.4 Å². The Balaban J connectivity index is 1.42. The fourth-order valence-corrected chi connectivity index (χ4v) is 3.82. The van der Waals surface area contributed by atoms with Gasteiger partial charge in [-0.3, -0.25) is 9.69 Å². The first-order valence-corrected chi connectivity index (χ1v) is 9.85. The van der Waals surface area contributed by atoms with Gasteiger partial charge in [0.25, 0.3) is 0 Å². The molecular weight excluding hydrogens is 320 g/mol. The van der Waals surface area contributed by atoms with Crippen LogP contribution in [0.15, 0.2) is 60.7 Å². The molecule has 1 amide bonds. The number of amides is 1. The Bertz CT molecular complexity index is 663. The number of nitrogens with zero attached hydrogens (tertiary/aromatic N) is 1. The molecule has 2 aromatic rings. The lowest BCUT2D eigenvalue weighted by Gasteiger charge is -2.32. The molecule has 1 aliphatic heterocycles. The summed E-state index contributed by atoms with van der Waals surface area (Å²) in [4.78, 5) is 15.1. The predicted molar refractivity (Wildman–Crippen MR) is 107 cm³/mol. The standard InChI is InChI=1S/C23H30N2O/c1-2-22(21-11-7-4-8-12-21)23(26)24-17-19-13-15-25(16-14-19)18-20-9-5-3-6-10-20/h3-12,19,22H,2,13-18H2,1H3,(H,24,26). The molecule has 138 valence electrons. The van der Waals surface area contributed by atoms with Crippen LogP contribution in [0.4, 0.5) is 0 Å². The summed E-state index contributed by atoms with van der Waals surface area (Å²) in [5.41, 5.74) is 2.50. The first kappa shape index (κ1) is 18.7. The maximum absolute atomic E-state index is 12.6. The fourth-order valence-electron chi connectivity index (χ4n) is 3.82. The van der Waals surface area contributed by atoms with Crippen LogP contribution in [-0.2, 0) is 11.3 Å². The quantitative estimate of drug-likeness (QED) is 0.811. The molecule has 0 aromatic heterocycles. The molecule has 0 spiro atoms. The summed E-state index contributed by atoms with van der Waals surface area (Å²) in [6.45, 7) is 6.16. The fraction of sp³-hybridized carbons (Fsp3) is 0.435. The highest BCUT2D eigenvalue weighted by Gasteiger charge is 2.22. The van der Waals surface area contributed by atoms with Crippen LogP contribution in [0.3, 0.4) is 0 Å². The second kappa shape index (κ2) is 9.54. The third-order valence-electron chi connectivity index (χ3n) is 5.45. The van der Waals surface area contributed by atoms with Gasteiger partial charge in [-0.25, -0.2) is 0 Å². The molecule has 1 aliphatic rings. The van der Waals surface area contributed by atoms with Gasteiger partial charge in [0.1, 0.15) is 0 Å². The van der Waals surface area contributed by atoms with Crippen LogP contribution in [0.1, 0.15) is 43.2 Å². The average molecular weight is 351 g/mol. The van der Waals surface area contributed by atoms with E-state index in [1.165, 1.54) is 5.56 Å². The van der Waals surface area contributed by atoms with Crippen molar-refractivity contribution < 1.29 is 4.79 Å². The van der Waals surface area contributed by atoms with Crippen LogP contribution in [0.25, 0.3) is 0 Å². The minimum atomic E-state index is -0.0330. The van der Waals surface area contributed by atoms with Gasteiger partial charge >= 0.3 is 0 Å². The van der Waals surface area contributed by atoms with E-state index in [1.54, 1.807) is 0 Å². The summed E-state index contributed by atoms with van der Waals surface area (Å²) >= 11 is 0. The largest absolute Gasteiger partial charge is 0.355 e. The van der Waals surface area contributed by atoms with Gasteiger partial charge in [0.05, 0.1) is 5.92 Å². The van der Waals surface area contributed by atoms with Crippen molar-refractivity contribution in [3.05, 3.63) is 71.8 Å². The molecule has 0 saturated carbocycles. The topological polar surface area (TPSA) is 32.3 Å². The number of nitrogens with one attached hydrogen (secondary N) is 1. The van der Waals surface area contributed by atoms with E-state index in [-0.39, 0.29) is 11.8 Å². The molecule has 26 heavy (non-hydrogen) atoms. The molecule has 1 atom stereocenters. The second-order valence-electron chi connectivity index (χ2n) is 7.32. The number of hydrogen-bond acceptors (Lipinski definition) is 2. The molecule has 1 heterocycles. The molecule has 3 rings (SSSR count). The van der Waals surface area contributed by atoms with Gasteiger partial charge in [-0.1, -0.05) is 67.6 Å². The Morgan fingerprint density at radius 2 is 1.65 bits per heavy atom. The van der Waals surface area contributed by atoms with E-state index in [4.69, 9.17) is 0 Å². The third kappa shape index (κ3) is 5.18. The van der Waals surface area contributed by atoms with Gasteiger partial charge < -0.3 is 5.32 Å². The van der Waals surface area contributed by atoms with Gasteiger partial charge in [0.2, 0.25) is 5.91 Å². The number of piperidine rings is 1. The third-order valence-corrected chi connectivity index (χ3v) is 5.45. The summed E-state index contributed by atoms with van der Waals surface area (Å²) in [6, 6.07) is 20.8. The molecule has 1 fully saturated rings. The molecule has 1 N–H and O–H groups in total. The molecule has 1 unspecified atom stereocenters. The lowest BCUT2D eigenvalue weighted by atomic mass is 9.93. The number of benzene rings is 2. The van der Waals surface area contributed by atoms with Gasteiger partial charge in [0.15, 0.2) is 0 Å². The van der Waals surface area contributed by atoms with Crippen molar-refractivity contribution in [3.8, 4) is 0 Å². The number of carbonyl (C=O) groups excluding carboxylic acids is 1. The summed E-state index contributed by atoms with van der Waals surface area (Å²) in [7, 11) is 0. The van der Waals surface area contributed by atoms with E-state index >= 15 is 0 Å². The lowest BCUT2D eigenvalue weighted by molar-refractivity contribution is -0.122. The number of likely N-dealkylation sites (tertiary alicyclic amines) is 1. The van der Waals surface area contributed by atoms with Crippen molar-refractivity contribution in [3.63, 3.8) is 0 Å². The van der Waals surface area contributed by atoms with Crippen molar-refractivity contribution in [1.29, 1.82) is 0 Å². The van der Waals surface area contributed by atoms with Crippen LogP contribution in [0, 0.1) is 5.92 Å². The zero-order chi connectivity index (χ0) is 18.2. The van der Waals surface area contributed by atoms with Crippen LogP contribution in [0.5, 0.6) is 0 Å². The summed E-state index contributed by atoms with van der Waals surface area (Å²) in [5.74, 6) is 0.735. The maximum Gasteiger partial charge on any atom is 0.227 e. The smallest absolute Gasteiger partial charge is 0.227 e. The zero-order valence-corrected chi connectivity index (χ0v) is 15.7. The highest BCUT2D eigenvalue weighted by atomic mass is 16.1. The maximum atomic E-state index is 12.6. The van der Waals surface area contributed by atoms with Gasteiger partial charge in [0, 0.05) is 13.1 Å². The van der Waals surface area contributed by atoms with Crippen molar-refractivity contribution in [2.75, 3.05) is 19.6 Å². The summed E-state index contributed by atoms with van der Waals surface area (Å²) < 4.78 is 0. The lowest BCUT2D eigenvalue weighted by Crippen LogP contribution is -2.39. The molecule has 0 radical (unpaired) electrons. The Morgan fingerprint density at radius 3 is 2.27 bits per heavy atom. The van der Waals surface area contributed by atoms with Crippen LogP contribution >= 0.6 is 0 Å². The highest BCUT2D eigenvalue weighted by Crippen LogP contribution is 2.21. The molecule has 3 nitrogen and oxygen atoms in total. The van der Waals surface area contributed by atoms with E-state index in [9.17, 15) is 4.79 Å². The monoisotopic (exact) mass is 350 g/mol. The molecular formula is C23H30N2O. The highest BCUT2D eigenvalue weighted by molar-refractivity contribution is 5.83. The van der Waals surface area contributed by atoms with Gasteiger partial charge in [-0.15, -0.1) is 0 Å². The van der Waals surface area contributed by atoms with Gasteiger partial charge in [-0.2, -0.15) is 0 Å². The zero-order valence-electron chi connectivity index (χ0n) is 15.7. The van der Waals surface area contributed by atoms with Crippen LogP contribution < -0.4 is 5.32 Å². The van der Waals surface area contributed by atoms with E-state index in [0.717, 1.165) is 51.0 Å². The Kier molecular flexibility index (Phi) is 6.84. The first-order chi connectivity index (χ1) is 12.8.